The Morgan fingerprint density at radius 2 is 1.85 bits per heavy atom. The molecule has 1 fully saturated rings. The van der Waals surface area contributed by atoms with E-state index in [1.54, 1.807) is 6.92 Å². The van der Waals surface area contributed by atoms with Gasteiger partial charge >= 0.3 is 5.97 Å². The number of rotatable bonds is 5. The minimum absolute atomic E-state index is 0.532. The maximum Gasteiger partial charge on any atom is 0.321 e. The first-order valence-corrected chi connectivity index (χ1v) is 7.55. The molecule has 1 saturated heterocycles. The molecule has 20 heavy (non-hydrogen) atoms. The van der Waals surface area contributed by atoms with Crippen LogP contribution in [0, 0.1) is 6.92 Å². The van der Waals surface area contributed by atoms with Crippen molar-refractivity contribution in [2.24, 2.45) is 0 Å². The van der Waals surface area contributed by atoms with Gasteiger partial charge in [0.1, 0.15) is 6.04 Å². The number of aryl methyl sites for hydroxylation is 1. The lowest BCUT2D eigenvalue weighted by Crippen LogP contribution is -2.45. The van der Waals surface area contributed by atoms with E-state index in [1.807, 2.05) is 0 Å². The van der Waals surface area contributed by atoms with E-state index in [0.29, 0.717) is 0 Å². The minimum Gasteiger partial charge on any atom is -0.480 e. The van der Waals surface area contributed by atoms with Gasteiger partial charge in [-0.25, -0.2) is 9.03 Å². The highest BCUT2D eigenvalue weighted by atomic mass is 32.2. The summed E-state index contributed by atoms with van der Waals surface area (Å²) in [5.41, 5.74) is 2.53. The fourth-order valence-corrected chi connectivity index (χ4v) is 2.75. The molecule has 0 spiro atoms. The molecule has 0 saturated carbocycles. The molecule has 110 valence electrons. The molecule has 6 heteroatoms. The molecule has 0 bridgehead atoms. The van der Waals surface area contributed by atoms with E-state index in [-0.39, 0.29) is 0 Å². The van der Waals surface area contributed by atoms with Crippen molar-refractivity contribution in [3.8, 4) is 0 Å². The van der Waals surface area contributed by atoms with Gasteiger partial charge in [-0.05, 0) is 26.0 Å². The summed E-state index contributed by atoms with van der Waals surface area (Å²) in [6, 6.07) is 8.04. The standard InChI is InChI=1S/C14H21N3O2S/c1-11-3-5-13(6-4-11)16-7-9-17(10-8-16)20-15-12(2)14(18)19/h3-6,12,15H,7-10H2,1-2H3,(H,18,19)/t12-/m1/s1. The van der Waals surface area contributed by atoms with Crippen LogP contribution in [0.5, 0.6) is 0 Å². The number of hydrogen-bond acceptors (Lipinski definition) is 5. The van der Waals surface area contributed by atoms with Crippen molar-refractivity contribution < 1.29 is 9.90 Å². The van der Waals surface area contributed by atoms with Crippen molar-refractivity contribution in [1.82, 2.24) is 9.03 Å². The number of benzene rings is 1. The van der Waals surface area contributed by atoms with Crippen LogP contribution >= 0.6 is 12.1 Å². The van der Waals surface area contributed by atoms with Crippen LogP contribution in [-0.4, -0.2) is 47.6 Å². The summed E-state index contributed by atoms with van der Waals surface area (Å²) in [7, 11) is 0. The van der Waals surface area contributed by atoms with Crippen molar-refractivity contribution >= 4 is 23.8 Å². The summed E-state index contributed by atoms with van der Waals surface area (Å²) in [5.74, 6) is -0.823. The van der Waals surface area contributed by atoms with Crippen molar-refractivity contribution in [2.45, 2.75) is 19.9 Å². The van der Waals surface area contributed by atoms with E-state index in [1.165, 1.54) is 23.4 Å². The number of nitrogens with zero attached hydrogens (tertiary/aromatic N) is 2. The third-order valence-electron chi connectivity index (χ3n) is 3.37. The summed E-state index contributed by atoms with van der Waals surface area (Å²) < 4.78 is 5.11. The highest BCUT2D eigenvalue weighted by Crippen LogP contribution is 2.19. The second-order valence-corrected chi connectivity index (χ2v) is 5.96. The maximum absolute atomic E-state index is 10.7. The van der Waals surface area contributed by atoms with Crippen molar-refractivity contribution in [3.63, 3.8) is 0 Å². The Labute approximate surface area is 124 Å². The van der Waals surface area contributed by atoms with E-state index < -0.39 is 12.0 Å². The smallest absolute Gasteiger partial charge is 0.321 e. The van der Waals surface area contributed by atoms with E-state index >= 15 is 0 Å². The molecule has 5 nitrogen and oxygen atoms in total. The van der Waals surface area contributed by atoms with Gasteiger partial charge in [0, 0.05) is 44.0 Å². The predicted octanol–water partition coefficient (Wildman–Crippen LogP) is 1.74. The van der Waals surface area contributed by atoms with Gasteiger partial charge in [-0.15, -0.1) is 0 Å². The summed E-state index contributed by atoms with van der Waals surface area (Å²) in [6.45, 7) is 7.49. The molecular weight excluding hydrogens is 274 g/mol. The van der Waals surface area contributed by atoms with E-state index in [2.05, 4.69) is 45.1 Å². The highest BCUT2D eigenvalue weighted by molar-refractivity contribution is 7.95. The zero-order valence-corrected chi connectivity index (χ0v) is 12.7. The number of hydrogen-bond donors (Lipinski definition) is 2. The highest BCUT2D eigenvalue weighted by Gasteiger charge is 2.19. The first-order chi connectivity index (χ1) is 9.56. The van der Waals surface area contributed by atoms with Crippen LogP contribution in [0.4, 0.5) is 5.69 Å². The lowest BCUT2D eigenvalue weighted by Gasteiger charge is -2.35. The third kappa shape index (κ3) is 4.13. The summed E-state index contributed by atoms with van der Waals surface area (Å²) in [6.07, 6.45) is 0. The zero-order valence-electron chi connectivity index (χ0n) is 11.9. The first kappa shape index (κ1) is 15.2. The van der Waals surface area contributed by atoms with E-state index in [4.69, 9.17) is 5.11 Å². The number of aliphatic carboxylic acids is 1. The lowest BCUT2D eigenvalue weighted by molar-refractivity contribution is -0.138. The minimum atomic E-state index is -0.823. The molecule has 1 atom stereocenters. The maximum atomic E-state index is 10.7. The van der Waals surface area contributed by atoms with Crippen LogP contribution < -0.4 is 9.62 Å². The molecule has 1 aromatic carbocycles. The Balaban J connectivity index is 1.77. The molecule has 2 rings (SSSR count). The Bertz CT molecular complexity index is 444. The SMILES string of the molecule is Cc1ccc(N2CCN(SN[C@H](C)C(=O)O)CC2)cc1. The van der Waals surface area contributed by atoms with Gasteiger partial charge in [0.05, 0.1) is 0 Å². The molecule has 0 amide bonds. The summed E-state index contributed by atoms with van der Waals surface area (Å²) in [4.78, 5) is 13.1. The van der Waals surface area contributed by atoms with Crippen LogP contribution in [0.3, 0.4) is 0 Å². The lowest BCUT2D eigenvalue weighted by atomic mass is 10.2. The average Bonchev–Trinajstić information content (AvgIpc) is 2.46. The fraction of sp³-hybridized carbons (Fsp3) is 0.500. The Morgan fingerprint density at radius 3 is 2.40 bits per heavy atom. The average molecular weight is 295 g/mol. The van der Waals surface area contributed by atoms with Gasteiger partial charge in [0.15, 0.2) is 0 Å². The van der Waals surface area contributed by atoms with Gasteiger partial charge in [-0.2, -0.15) is 0 Å². The summed E-state index contributed by atoms with van der Waals surface area (Å²) in [5, 5.41) is 8.82. The predicted molar refractivity (Wildman–Crippen MR) is 82.8 cm³/mol. The van der Waals surface area contributed by atoms with Crippen LogP contribution in [0.2, 0.25) is 0 Å². The quantitative estimate of drug-likeness (QED) is 0.807. The number of carbonyl (C=O) groups is 1. The molecule has 1 aromatic rings. The van der Waals surface area contributed by atoms with Gasteiger partial charge in [-0.1, -0.05) is 17.7 Å². The van der Waals surface area contributed by atoms with Gasteiger partial charge < -0.3 is 10.0 Å². The van der Waals surface area contributed by atoms with Gasteiger partial charge in [0.2, 0.25) is 0 Å². The molecule has 0 aliphatic carbocycles. The molecule has 0 aromatic heterocycles. The van der Waals surface area contributed by atoms with E-state index in [0.717, 1.165) is 26.2 Å². The molecule has 2 N–H and O–H groups in total. The molecule has 1 aliphatic rings. The third-order valence-corrected chi connectivity index (χ3v) is 4.45. The molecule has 0 unspecified atom stereocenters. The van der Waals surface area contributed by atoms with Gasteiger partial charge in [0.25, 0.3) is 0 Å². The zero-order chi connectivity index (χ0) is 14.5. The van der Waals surface area contributed by atoms with Crippen molar-refractivity contribution in [2.75, 3.05) is 31.1 Å². The Morgan fingerprint density at radius 1 is 1.25 bits per heavy atom. The molecule has 1 aliphatic heterocycles. The van der Waals surface area contributed by atoms with Crippen LogP contribution in [0.25, 0.3) is 0 Å². The van der Waals surface area contributed by atoms with Crippen molar-refractivity contribution in [3.05, 3.63) is 29.8 Å². The largest absolute Gasteiger partial charge is 0.480 e. The first-order valence-electron chi connectivity index (χ1n) is 6.78. The number of anilines is 1. The number of nitrogens with one attached hydrogen (secondary N) is 1. The molecular formula is C14H21N3O2S. The second-order valence-electron chi connectivity index (χ2n) is 5.02. The number of carboxylic acid groups (broad SMARTS) is 1. The topological polar surface area (TPSA) is 55.8 Å². The fourth-order valence-electron chi connectivity index (χ4n) is 2.00. The van der Waals surface area contributed by atoms with E-state index in [9.17, 15) is 4.79 Å². The monoisotopic (exact) mass is 295 g/mol. The normalized spacial score (nSPS) is 18.0. The number of piperazine rings is 1. The number of carboxylic acids is 1. The Hall–Kier alpha value is -1.24. The van der Waals surface area contributed by atoms with Crippen molar-refractivity contribution in [1.29, 1.82) is 0 Å². The molecule has 1 heterocycles. The van der Waals surface area contributed by atoms with Crippen LogP contribution in [0.15, 0.2) is 24.3 Å². The van der Waals surface area contributed by atoms with Crippen LogP contribution in [0.1, 0.15) is 12.5 Å². The Kier molecular flexibility index (Phi) is 5.28. The summed E-state index contributed by atoms with van der Waals surface area (Å²) >= 11 is 1.41. The van der Waals surface area contributed by atoms with Gasteiger partial charge in [-0.3, -0.25) is 4.79 Å². The molecule has 0 radical (unpaired) electrons. The second kappa shape index (κ2) is 6.97. The van der Waals surface area contributed by atoms with Crippen LogP contribution in [-0.2, 0) is 4.79 Å².